The molecule has 33 heavy (non-hydrogen) atoms. The predicted octanol–water partition coefficient (Wildman–Crippen LogP) is 8.07. The largest absolute Gasteiger partial charge is 0.147 e. The van der Waals surface area contributed by atoms with Crippen molar-refractivity contribution in [2.45, 2.75) is 119 Å². The first kappa shape index (κ1) is 33.8. The molecule has 0 aromatic carbocycles. The fourth-order valence-corrected chi connectivity index (χ4v) is 23.4. The van der Waals surface area contributed by atoms with Crippen molar-refractivity contribution in [1.29, 1.82) is 0 Å². The van der Waals surface area contributed by atoms with Crippen LogP contribution in [0.4, 0.5) is 0 Å². The van der Waals surface area contributed by atoms with Crippen LogP contribution in [-0.2, 0) is 23.2 Å². The van der Waals surface area contributed by atoms with Crippen LogP contribution in [0.3, 0.4) is 0 Å². The van der Waals surface area contributed by atoms with E-state index in [-0.39, 0.29) is 24.8 Å². The summed E-state index contributed by atoms with van der Waals surface area (Å²) in [5, 5.41) is 3.54. The van der Waals surface area contributed by atoms with Crippen molar-refractivity contribution < 1.29 is 23.2 Å². The maximum absolute atomic E-state index is 2.84. The molecule has 2 aliphatic carbocycles. The molecule has 0 radical (unpaired) electrons. The van der Waals surface area contributed by atoms with Gasteiger partial charge in [0.15, 0.2) is 0 Å². The smallest absolute Gasteiger partial charge is 0.147 e. The van der Waals surface area contributed by atoms with Crippen molar-refractivity contribution in [2.75, 3.05) is 0 Å². The number of hydrogen-bond donors (Lipinski definition) is 0. The van der Waals surface area contributed by atoms with Crippen molar-refractivity contribution in [1.82, 2.24) is 9.13 Å². The molecule has 2 aliphatic rings. The Kier molecular flexibility index (Phi) is 13.7. The van der Waals surface area contributed by atoms with Crippen LogP contribution >= 0.6 is 24.8 Å². The minimum Gasteiger partial charge on any atom is -0.147 e. The van der Waals surface area contributed by atoms with Crippen LogP contribution in [0.1, 0.15) is 68.2 Å². The summed E-state index contributed by atoms with van der Waals surface area (Å²) in [6.45, 7) is 29.5. The summed E-state index contributed by atoms with van der Waals surface area (Å²) in [6, 6.07) is 2.42. The molecule has 190 valence electrons. The Labute approximate surface area is 232 Å². The van der Waals surface area contributed by atoms with Gasteiger partial charge >= 0.3 is 209 Å². The summed E-state index contributed by atoms with van der Waals surface area (Å²) < 4.78 is 9.43. The average molecular weight is 609 g/mol. The zero-order valence-corrected chi connectivity index (χ0v) is 29.3. The van der Waals surface area contributed by atoms with Crippen molar-refractivity contribution in [3.8, 4) is 0 Å². The standard InChI is InChI=1S/2C13H24NSi.2ClH.Zr/c2*1-11(2)14(12(3)4)15(5,6)13-9-7-8-10-13;;;/h2*7,9,11-12H,8H2,1-6H3;2*1H;. The summed E-state index contributed by atoms with van der Waals surface area (Å²) in [5.41, 5.74) is 0. The molecule has 0 aromatic heterocycles. The predicted molar refractivity (Wildman–Crippen MR) is 155 cm³/mol. The number of nitrogens with zero attached hydrogens (tertiary/aromatic N) is 2. The van der Waals surface area contributed by atoms with Gasteiger partial charge in [0, 0.05) is 0 Å². The minimum atomic E-state index is -1.66. The molecule has 0 atom stereocenters. The normalized spacial score (nSPS) is 16.9. The molecule has 0 N–H and O–H groups in total. The van der Waals surface area contributed by atoms with Gasteiger partial charge in [0.05, 0.1) is 0 Å². The van der Waals surface area contributed by atoms with E-state index in [1.807, 2.05) is 6.56 Å². The maximum atomic E-state index is 2.84. The Morgan fingerprint density at radius 1 is 0.606 bits per heavy atom. The molecule has 0 spiro atoms. The first-order valence-electron chi connectivity index (χ1n) is 12.4. The second-order valence-electron chi connectivity index (χ2n) is 11.4. The van der Waals surface area contributed by atoms with Crippen molar-refractivity contribution >= 4 is 41.3 Å². The van der Waals surface area contributed by atoms with E-state index in [0.717, 1.165) is 0 Å². The van der Waals surface area contributed by atoms with Gasteiger partial charge in [0.2, 0.25) is 0 Å². The third-order valence-corrected chi connectivity index (χ3v) is 20.3. The minimum absolute atomic E-state index is 0. The van der Waals surface area contributed by atoms with Crippen LogP contribution in [0.25, 0.3) is 0 Å². The van der Waals surface area contributed by atoms with E-state index in [4.69, 9.17) is 0 Å². The van der Waals surface area contributed by atoms with Crippen LogP contribution in [0.15, 0.2) is 41.3 Å². The molecular weight excluding hydrogens is 559 g/mol. The Bertz CT molecular complexity index is 701. The van der Waals surface area contributed by atoms with Crippen LogP contribution in [0.2, 0.25) is 26.2 Å². The van der Waals surface area contributed by atoms with Gasteiger partial charge in [-0.3, -0.25) is 0 Å². The van der Waals surface area contributed by atoms with Gasteiger partial charge in [0.1, 0.15) is 0 Å². The Balaban J connectivity index is 0.00000512. The quantitative estimate of drug-likeness (QED) is 0.232. The molecule has 2 nitrogen and oxygen atoms in total. The van der Waals surface area contributed by atoms with Gasteiger partial charge < -0.3 is 0 Å². The number of rotatable bonds is 10. The molecule has 0 heterocycles. The van der Waals surface area contributed by atoms with Crippen LogP contribution < -0.4 is 0 Å². The molecule has 0 unspecified atom stereocenters. The first-order chi connectivity index (χ1) is 14.2. The van der Waals surface area contributed by atoms with E-state index in [1.165, 1.54) is 12.8 Å². The van der Waals surface area contributed by atoms with E-state index in [9.17, 15) is 0 Å². The molecule has 0 amide bonds. The van der Waals surface area contributed by atoms with Crippen LogP contribution in [0.5, 0.6) is 0 Å². The second-order valence-corrected chi connectivity index (χ2v) is 23.4. The molecule has 0 fully saturated rings. The molecule has 0 bridgehead atoms. The molecular formula is C26H50Cl2N2Si2Zr. The van der Waals surface area contributed by atoms with E-state index >= 15 is 0 Å². The molecule has 0 saturated heterocycles. The Morgan fingerprint density at radius 3 is 1.12 bits per heavy atom. The van der Waals surface area contributed by atoms with Gasteiger partial charge in [-0.1, -0.05) is 0 Å². The topological polar surface area (TPSA) is 6.48 Å². The van der Waals surface area contributed by atoms with Gasteiger partial charge in [-0.2, -0.15) is 0 Å². The van der Waals surface area contributed by atoms with Crippen LogP contribution in [0, 0.1) is 0 Å². The van der Waals surface area contributed by atoms with E-state index in [1.54, 1.807) is 10.4 Å². The molecule has 0 saturated carbocycles. The van der Waals surface area contributed by atoms with Crippen LogP contribution in [-0.4, -0.2) is 49.8 Å². The first-order valence-corrected chi connectivity index (χ1v) is 20.7. The number of allylic oxidation sites excluding steroid dienone is 8. The zero-order valence-electron chi connectivity index (χ0n) is 23.2. The summed E-state index contributed by atoms with van der Waals surface area (Å²) in [6.07, 6.45) is 12.4. The van der Waals surface area contributed by atoms with Gasteiger partial charge in [-0.05, 0) is 0 Å². The molecule has 0 aliphatic heterocycles. The summed E-state index contributed by atoms with van der Waals surface area (Å²) >= 11 is -0.755. The number of hydrogen-bond acceptors (Lipinski definition) is 2. The van der Waals surface area contributed by atoms with Gasteiger partial charge in [-0.25, -0.2) is 0 Å². The SMILES string of the molecule is CC(C)N(C(C)C)[Si](C)(C)C1=[C]([Zr][C]2=C([Si](C)(C)N(C(C)C)C(C)C)C=CC2)CC=C1.Cl.Cl. The molecule has 7 heteroatoms. The molecule has 2 rings (SSSR count). The van der Waals surface area contributed by atoms with Gasteiger partial charge in [-0.15, -0.1) is 24.8 Å². The summed E-state index contributed by atoms with van der Waals surface area (Å²) in [7, 11) is -3.32. The Morgan fingerprint density at radius 2 is 0.879 bits per heavy atom. The van der Waals surface area contributed by atoms with Gasteiger partial charge in [0.25, 0.3) is 0 Å². The zero-order chi connectivity index (χ0) is 23.7. The van der Waals surface area contributed by atoms with Crippen molar-refractivity contribution in [2.24, 2.45) is 0 Å². The van der Waals surface area contributed by atoms with E-state index in [2.05, 4.69) is 115 Å². The summed E-state index contributed by atoms with van der Waals surface area (Å²) in [4.78, 5) is 0. The van der Waals surface area contributed by atoms with E-state index < -0.39 is 39.7 Å². The fourth-order valence-electron chi connectivity index (χ4n) is 6.63. The fraction of sp³-hybridized carbons (Fsp3) is 0.692. The monoisotopic (exact) mass is 606 g/mol. The average Bonchev–Trinajstić information content (AvgIpc) is 3.22. The third kappa shape index (κ3) is 7.40. The van der Waals surface area contributed by atoms with Crippen molar-refractivity contribution in [3.05, 3.63) is 41.3 Å². The van der Waals surface area contributed by atoms with Crippen molar-refractivity contribution in [3.63, 3.8) is 0 Å². The summed E-state index contributed by atoms with van der Waals surface area (Å²) in [5.74, 6) is 0. The maximum Gasteiger partial charge on any atom is -0.147 e. The second kappa shape index (κ2) is 13.4. The van der Waals surface area contributed by atoms with E-state index in [0.29, 0.717) is 24.2 Å². The molecule has 0 aromatic rings. The Hall–Kier alpha value is 0.777. The third-order valence-electron chi connectivity index (χ3n) is 7.00. The number of halogens is 2.